The van der Waals surface area contributed by atoms with Crippen LogP contribution in [-0.4, -0.2) is 24.2 Å². The van der Waals surface area contributed by atoms with E-state index in [0.717, 1.165) is 19.3 Å². The highest BCUT2D eigenvalue weighted by Gasteiger charge is 2.09. The number of pyridine rings is 1. The third-order valence-electron chi connectivity index (χ3n) is 3.00. The quantitative estimate of drug-likeness (QED) is 0.502. The van der Waals surface area contributed by atoms with Crippen molar-refractivity contribution < 1.29 is 23.0 Å². The van der Waals surface area contributed by atoms with Crippen molar-refractivity contribution in [3.63, 3.8) is 0 Å². The minimum Gasteiger partial charge on any atom is -0.478 e. The Hall–Kier alpha value is -1.98. The Morgan fingerprint density at radius 1 is 1.23 bits per heavy atom. The zero-order valence-electron chi connectivity index (χ0n) is 12.9. The summed E-state index contributed by atoms with van der Waals surface area (Å²) in [5, 5.41) is 0. The summed E-state index contributed by atoms with van der Waals surface area (Å²) in [6.07, 6.45) is 2.80. The van der Waals surface area contributed by atoms with Gasteiger partial charge in [0.2, 0.25) is 5.88 Å². The van der Waals surface area contributed by atoms with E-state index in [1.807, 2.05) is 0 Å². The summed E-state index contributed by atoms with van der Waals surface area (Å²) in [6.45, 7) is 3.91. The number of esters is 1. The SMILES string of the molecule is CCCCCOc1ccc(C(=O)OCCC(C)=C(F)F)cn1. The van der Waals surface area contributed by atoms with Crippen LogP contribution in [-0.2, 0) is 4.74 Å². The molecular formula is C16H21F2NO3. The highest BCUT2D eigenvalue weighted by atomic mass is 19.3. The maximum atomic E-state index is 12.2. The number of carbonyl (C=O) groups is 1. The minimum absolute atomic E-state index is 0.0140. The largest absolute Gasteiger partial charge is 0.478 e. The van der Waals surface area contributed by atoms with E-state index < -0.39 is 12.0 Å². The first kappa shape index (κ1) is 18.1. The molecule has 1 aromatic heterocycles. The number of halogens is 2. The lowest BCUT2D eigenvalue weighted by Crippen LogP contribution is -2.08. The molecule has 0 spiro atoms. The van der Waals surface area contributed by atoms with Crippen molar-refractivity contribution in [1.82, 2.24) is 4.98 Å². The first-order valence-corrected chi connectivity index (χ1v) is 7.31. The van der Waals surface area contributed by atoms with E-state index in [1.165, 1.54) is 13.1 Å². The lowest BCUT2D eigenvalue weighted by atomic mass is 10.2. The van der Waals surface area contributed by atoms with Gasteiger partial charge in [0, 0.05) is 18.7 Å². The molecule has 122 valence electrons. The topological polar surface area (TPSA) is 48.4 Å². The lowest BCUT2D eigenvalue weighted by molar-refractivity contribution is 0.0507. The highest BCUT2D eigenvalue weighted by molar-refractivity contribution is 5.89. The Bertz CT molecular complexity index is 497. The molecule has 1 aromatic rings. The Kier molecular flexibility index (Phi) is 8.10. The van der Waals surface area contributed by atoms with E-state index in [2.05, 4.69) is 11.9 Å². The van der Waals surface area contributed by atoms with Gasteiger partial charge in [-0.2, -0.15) is 8.78 Å². The highest BCUT2D eigenvalue weighted by Crippen LogP contribution is 2.12. The predicted octanol–water partition coefficient (Wildman–Crippen LogP) is 4.37. The second-order valence-corrected chi connectivity index (χ2v) is 4.87. The lowest BCUT2D eigenvalue weighted by Gasteiger charge is -2.06. The van der Waals surface area contributed by atoms with E-state index in [0.29, 0.717) is 12.5 Å². The van der Waals surface area contributed by atoms with Crippen LogP contribution < -0.4 is 4.74 Å². The Balaban J connectivity index is 2.39. The molecule has 1 heterocycles. The van der Waals surface area contributed by atoms with Crippen molar-refractivity contribution in [1.29, 1.82) is 0 Å². The van der Waals surface area contributed by atoms with Crippen LogP contribution >= 0.6 is 0 Å². The monoisotopic (exact) mass is 313 g/mol. The van der Waals surface area contributed by atoms with Gasteiger partial charge >= 0.3 is 5.97 Å². The van der Waals surface area contributed by atoms with Gasteiger partial charge in [0.05, 0.1) is 18.8 Å². The van der Waals surface area contributed by atoms with Gasteiger partial charge < -0.3 is 9.47 Å². The van der Waals surface area contributed by atoms with E-state index in [9.17, 15) is 13.6 Å². The van der Waals surface area contributed by atoms with Crippen LogP contribution in [0.25, 0.3) is 0 Å². The van der Waals surface area contributed by atoms with E-state index >= 15 is 0 Å². The summed E-state index contributed by atoms with van der Waals surface area (Å²) in [5.74, 6) is -0.136. The summed E-state index contributed by atoms with van der Waals surface area (Å²) in [5.41, 5.74) is 0.185. The third-order valence-corrected chi connectivity index (χ3v) is 3.00. The van der Waals surface area contributed by atoms with Crippen molar-refractivity contribution in [3.05, 3.63) is 35.5 Å². The molecular weight excluding hydrogens is 292 g/mol. The van der Waals surface area contributed by atoms with Crippen LogP contribution in [0.15, 0.2) is 30.0 Å². The Morgan fingerprint density at radius 3 is 2.59 bits per heavy atom. The van der Waals surface area contributed by atoms with Gasteiger partial charge in [-0.25, -0.2) is 9.78 Å². The second-order valence-electron chi connectivity index (χ2n) is 4.87. The van der Waals surface area contributed by atoms with Crippen molar-refractivity contribution in [2.24, 2.45) is 0 Å². The zero-order valence-corrected chi connectivity index (χ0v) is 12.9. The number of carbonyl (C=O) groups excluding carboxylic acids is 1. The fourth-order valence-electron chi connectivity index (χ4n) is 1.59. The molecule has 1 rings (SSSR count). The maximum Gasteiger partial charge on any atom is 0.339 e. The molecule has 0 amide bonds. The molecule has 22 heavy (non-hydrogen) atoms. The summed E-state index contributed by atoms with van der Waals surface area (Å²) in [6, 6.07) is 3.14. The molecule has 6 heteroatoms. The Morgan fingerprint density at radius 2 is 2.00 bits per heavy atom. The average molecular weight is 313 g/mol. The Labute approximate surface area is 129 Å². The second kappa shape index (κ2) is 9.87. The molecule has 0 aromatic carbocycles. The van der Waals surface area contributed by atoms with Crippen LogP contribution in [0.1, 0.15) is 49.9 Å². The minimum atomic E-state index is -1.73. The average Bonchev–Trinajstić information content (AvgIpc) is 2.51. The maximum absolute atomic E-state index is 12.2. The molecule has 0 N–H and O–H groups in total. The smallest absolute Gasteiger partial charge is 0.339 e. The predicted molar refractivity (Wildman–Crippen MR) is 79.1 cm³/mol. The van der Waals surface area contributed by atoms with E-state index in [1.54, 1.807) is 12.1 Å². The number of ether oxygens (including phenoxy) is 2. The van der Waals surface area contributed by atoms with Crippen molar-refractivity contribution in [2.75, 3.05) is 13.2 Å². The van der Waals surface area contributed by atoms with Crippen LogP contribution in [0.2, 0.25) is 0 Å². The molecule has 0 saturated carbocycles. The van der Waals surface area contributed by atoms with Gasteiger partial charge in [-0.1, -0.05) is 19.8 Å². The fourth-order valence-corrected chi connectivity index (χ4v) is 1.59. The van der Waals surface area contributed by atoms with E-state index in [4.69, 9.17) is 9.47 Å². The molecule has 0 aliphatic carbocycles. The fraction of sp³-hybridized carbons (Fsp3) is 0.500. The molecule has 0 unspecified atom stereocenters. The van der Waals surface area contributed by atoms with Crippen molar-refractivity contribution >= 4 is 5.97 Å². The van der Waals surface area contributed by atoms with Gasteiger partial charge in [0.25, 0.3) is 6.08 Å². The first-order chi connectivity index (χ1) is 10.5. The number of nitrogens with zero attached hydrogens (tertiary/aromatic N) is 1. The number of hydrogen-bond acceptors (Lipinski definition) is 4. The number of aromatic nitrogens is 1. The van der Waals surface area contributed by atoms with Crippen LogP contribution in [0.4, 0.5) is 8.78 Å². The van der Waals surface area contributed by atoms with Gasteiger partial charge in [0.15, 0.2) is 0 Å². The molecule has 0 radical (unpaired) electrons. The summed E-state index contributed by atoms with van der Waals surface area (Å²) < 4.78 is 34.7. The van der Waals surface area contributed by atoms with Crippen molar-refractivity contribution in [2.45, 2.75) is 39.5 Å². The van der Waals surface area contributed by atoms with Gasteiger partial charge in [-0.3, -0.25) is 0 Å². The first-order valence-electron chi connectivity index (χ1n) is 7.31. The van der Waals surface area contributed by atoms with Gasteiger partial charge in [-0.15, -0.1) is 0 Å². The molecule has 0 aliphatic rings. The van der Waals surface area contributed by atoms with E-state index in [-0.39, 0.29) is 24.2 Å². The molecule has 0 aliphatic heterocycles. The standard InChI is InChI=1S/C16H21F2NO3/c1-3-4-5-9-21-14-7-6-13(11-19-14)16(20)22-10-8-12(2)15(17)18/h6-7,11H,3-5,8-10H2,1-2H3. The molecule has 4 nitrogen and oxygen atoms in total. The zero-order chi connectivity index (χ0) is 16.4. The molecule has 0 saturated heterocycles. The number of unbranched alkanes of at least 4 members (excludes halogenated alkanes) is 2. The summed E-state index contributed by atoms with van der Waals surface area (Å²) in [7, 11) is 0. The number of hydrogen-bond donors (Lipinski definition) is 0. The van der Waals surface area contributed by atoms with Gasteiger partial charge in [0.1, 0.15) is 0 Å². The normalized spacial score (nSPS) is 10.2. The molecule has 0 atom stereocenters. The van der Waals surface area contributed by atoms with Crippen LogP contribution in [0.5, 0.6) is 5.88 Å². The van der Waals surface area contributed by atoms with Crippen LogP contribution in [0.3, 0.4) is 0 Å². The summed E-state index contributed by atoms with van der Waals surface area (Å²) in [4.78, 5) is 15.7. The van der Waals surface area contributed by atoms with Crippen LogP contribution in [0, 0.1) is 0 Å². The molecule has 0 fully saturated rings. The van der Waals surface area contributed by atoms with Crippen molar-refractivity contribution in [3.8, 4) is 5.88 Å². The van der Waals surface area contributed by atoms with Gasteiger partial charge in [-0.05, 0) is 25.0 Å². The number of rotatable bonds is 9. The summed E-state index contributed by atoms with van der Waals surface area (Å²) >= 11 is 0. The third kappa shape index (κ3) is 6.65. The molecule has 0 bridgehead atoms.